The molecule has 0 spiro atoms. The van der Waals surface area contributed by atoms with E-state index in [1.54, 1.807) is 0 Å². The number of hydrogen-bond acceptors (Lipinski definition) is 4. The Kier molecular flexibility index (Phi) is 2.35. The molecule has 0 aliphatic carbocycles. The van der Waals surface area contributed by atoms with Crippen molar-refractivity contribution < 1.29 is 4.79 Å². The molecule has 84 valence electrons. The maximum atomic E-state index is 11.3. The molecule has 4 nitrogen and oxygen atoms in total. The zero-order valence-corrected chi connectivity index (χ0v) is 10.2. The fourth-order valence-electron chi connectivity index (χ4n) is 1.89. The Morgan fingerprint density at radius 2 is 1.88 bits per heavy atom. The van der Waals surface area contributed by atoms with E-state index < -0.39 is 5.91 Å². The molecule has 0 fully saturated rings. The molecule has 0 aliphatic heterocycles. The highest BCUT2D eigenvalue weighted by molar-refractivity contribution is 7.21. The second-order valence-corrected chi connectivity index (χ2v) is 4.85. The Morgan fingerprint density at radius 3 is 2.44 bits per heavy atom. The number of primary amides is 1. The molecule has 0 aliphatic rings. The molecular formula is C11H13N3OS. The second-order valence-electron chi connectivity index (χ2n) is 3.83. The zero-order chi connectivity index (χ0) is 12.0. The van der Waals surface area contributed by atoms with Crippen LogP contribution < -0.4 is 11.5 Å². The Morgan fingerprint density at radius 1 is 1.25 bits per heavy atom. The van der Waals surface area contributed by atoms with E-state index in [1.807, 2.05) is 20.8 Å². The SMILES string of the molecule is Cc1c(N)nc(C)c2c(C)c(C(N)=O)sc12. The third-order valence-corrected chi connectivity index (χ3v) is 4.17. The molecule has 0 bridgehead atoms. The maximum absolute atomic E-state index is 11.3. The second kappa shape index (κ2) is 3.45. The van der Waals surface area contributed by atoms with E-state index in [0.29, 0.717) is 10.7 Å². The number of nitrogens with zero attached hydrogens (tertiary/aromatic N) is 1. The van der Waals surface area contributed by atoms with Crippen LogP contribution in [-0.2, 0) is 0 Å². The van der Waals surface area contributed by atoms with Crippen LogP contribution in [0.5, 0.6) is 0 Å². The number of thiophene rings is 1. The Balaban J connectivity index is 2.96. The van der Waals surface area contributed by atoms with Crippen LogP contribution in [0.2, 0.25) is 0 Å². The molecule has 5 heteroatoms. The van der Waals surface area contributed by atoms with Crippen LogP contribution in [0.25, 0.3) is 10.1 Å². The summed E-state index contributed by atoms with van der Waals surface area (Å²) in [5, 5.41) is 1.01. The first-order valence-corrected chi connectivity index (χ1v) is 5.70. The molecule has 0 saturated heterocycles. The Bertz CT molecular complexity index is 601. The average molecular weight is 235 g/mol. The quantitative estimate of drug-likeness (QED) is 0.792. The summed E-state index contributed by atoms with van der Waals surface area (Å²) in [4.78, 5) is 16.1. The first-order chi connectivity index (χ1) is 7.43. The molecule has 16 heavy (non-hydrogen) atoms. The number of amides is 1. The number of pyridine rings is 1. The fraction of sp³-hybridized carbons (Fsp3) is 0.273. The third kappa shape index (κ3) is 1.36. The highest BCUT2D eigenvalue weighted by atomic mass is 32.1. The van der Waals surface area contributed by atoms with Crippen LogP contribution in [0.15, 0.2) is 0 Å². The van der Waals surface area contributed by atoms with Crippen molar-refractivity contribution in [3.8, 4) is 0 Å². The predicted molar refractivity (Wildman–Crippen MR) is 66.8 cm³/mol. The number of carbonyl (C=O) groups is 1. The van der Waals surface area contributed by atoms with Gasteiger partial charge in [0.05, 0.1) is 4.88 Å². The standard InChI is InChI=1S/C11H13N3OS/c1-4-7-6(3)14-10(12)5(2)8(7)16-9(4)11(13)15/h1-3H3,(H2,12,14)(H2,13,15). The van der Waals surface area contributed by atoms with Crippen LogP contribution in [0.4, 0.5) is 5.82 Å². The molecule has 0 unspecified atom stereocenters. The first-order valence-electron chi connectivity index (χ1n) is 4.89. The van der Waals surface area contributed by atoms with E-state index >= 15 is 0 Å². The summed E-state index contributed by atoms with van der Waals surface area (Å²) in [7, 11) is 0. The van der Waals surface area contributed by atoms with Crippen LogP contribution in [-0.4, -0.2) is 10.9 Å². The Hall–Kier alpha value is -1.62. The van der Waals surface area contributed by atoms with Gasteiger partial charge in [-0.05, 0) is 26.3 Å². The largest absolute Gasteiger partial charge is 0.383 e. The number of fused-ring (bicyclic) bond motifs is 1. The van der Waals surface area contributed by atoms with Crippen molar-refractivity contribution in [1.29, 1.82) is 0 Å². The van der Waals surface area contributed by atoms with Gasteiger partial charge in [0.1, 0.15) is 5.82 Å². The van der Waals surface area contributed by atoms with Crippen LogP contribution >= 0.6 is 11.3 Å². The molecule has 2 aromatic rings. The third-order valence-electron chi connectivity index (χ3n) is 2.75. The predicted octanol–water partition coefficient (Wildman–Crippen LogP) is 1.90. The minimum atomic E-state index is -0.393. The van der Waals surface area contributed by atoms with Gasteiger partial charge in [-0.25, -0.2) is 4.98 Å². The van der Waals surface area contributed by atoms with Crippen molar-refractivity contribution >= 4 is 33.1 Å². The molecular weight excluding hydrogens is 222 g/mol. The number of rotatable bonds is 1. The summed E-state index contributed by atoms with van der Waals surface area (Å²) >= 11 is 1.39. The first kappa shape index (κ1) is 10.9. The van der Waals surface area contributed by atoms with Gasteiger partial charge in [0.15, 0.2) is 0 Å². The summed E-state index contributed by atoms with van der Waals surface area (Å²) in [6.45, 7) is 5.69. The summed E-state index contributed by atoms with van der Waals surface area (Å²) in [6.07, 6.45) is 0. The number of aryl methyl sites for hydroxylation is 3. The number of aromatic nitrogens is 1. The molecule has 0 aromatic carbocycles. The van der Waals surface area contributed by atoms with Crippen LogP contribution in [0, 0.1) is 20.8 Å². The van der Waals surface area contributed by atoms with Crippen molar-refractivity contribution in [1.82, 2.24) is 4.98 Å². The minimum absolute atomic E-state index is 0.393. The van der Waals surface area contributed by atoms with Gasteiger partial charge in [-0.2, -0.15) is 0 Å². The number of anilines is 1. The van der Waals surface area contributed by atoms with Gasteiger partial charge in [-0.15, -0.1) is 11.3 Å². The molecule has 0 radical (unpaired) electrons. The molecule has 2 rings (SSSR count). The van der Waals surface area contributed by atoms with Crippen LogP contribution in [0.1, 0.15) is 26.5 Å². The summed E-state index contributed by atoms with van der Waals surface area (Å²) in [5.74, 6) is 0.123. The lowest BCUT2D eigenvalue weighted by Gasteiger charge is -2.04. The highest BCUT2D eigenvalue weighted by Gasteiger charge is 2.17. The van der Waals surface area contributed by atoms with Crippen LogP contribution in [0.3, 0.4) is 0 Å². The van der Waals surface area contributed by atoms with Crippen molar-refractivity contribution in [3.63, 3.8) is 0 Å². The Labute approximate surface area is 97.3 Å². The normalized spacial score (nSPS) is 10.9. The van der Waals surface area contributed by atoms with Crippen molar-refractivity contribution in [2.75, 3.05) is 5.73 Å². The number of nitrogens with two attached hydrogens (primary N) is 2. The summed E-state index contributed by atoms with van der Waals surface area (Å²) < 4.78 is 1.01. The summed E-state index contributed by atoms with van der Waals surface area (Å²) in [6, 6.07) is 0. The van der Waals surface area contributed by atoms with Gasteiger partial charge >= 0.3 is 0 Å². The lowest BCUT2D eigenvalue weighted by atomic mass is 10.1. The number of hydrogen-bond donors (Lipinski definition) is 2. The molecule has 4 N–H and O–H groups in total. The van der Waals surface area contributed by atoms with Gasteiger partial charge in [-0.3, -0.25) is 4.79 Å². The van der Waals surface area contributed by atoms with Gasteiger partial charge in [0.2, 0.25) is 0 Å². The molecule has 2 heterocycles. The zero-order valence-electron chi connectivity index (χ0n) is 9.42. The molecule has 0 atom stereocenters. The molecule has 2 aromatic heterocycles. The van der Waals surface area contributed by atoms with Crippen molar-refractivity contribution in [2.24, 2.45) is 5.73 Å². The lowest BCUT2D eigenvalue weighted by molar-refractivity contribution is 0.100. The fourth-order valence-corrected chi connectivity index (χ4v) is 3.11. The highest BCUT2D eigenvalue weighted by Crippen LogP contribution is 2.35. The monoisotopic (exact) mass is 235 g/mol. The van der Waals surface area contributed by atoms with E-state index in [-0.39, 0.29) is 0 Å². The van der Waals surface area contributed by atoms with E-state index in [2.05, 4.69) is 4.98 Å². The van der Waals surface area contributed by atoms with Gasteiger partial charge < -0.3 is 11.5 Å². The summed E-state index contributed by atoms with van der Waals surface area (Å²) in [5.41, 5.74) is 13.8. The van der Waals surface area contributed by atoms with Gasteiger partial charge in [0.25, 0.3) is 5.91 Å². The van der Waals surface area contributed by atoms with E-state index in [1.165, 1.54) is 11.3 Å². The van der Waals surface area contributed by atoms with Crippen molar-refractivity contribution in [3.05, 3.63) is 21.7 Å². The van der Waals surface area contributed by atoms with E-state index in [4.69, 9.17) is 11.5 Å². The smallest absolute Gasteiger partial charge is 0.259 e. The van der Waals surface area contributed by atoms with Crippen molar-refractivity contribution in [2.45, 2.75) is 20.8 Å². The number of nitrogen functional groups attached to an aromatic ring is 1. The van der Waals surface area contributed by atoms with Gasteiger partial charge in [0, 0.05) is 21.3 Å². The van der Waals surface area contributed by atoms with E-state index in [9.17, 15) is 4.79 Å². The topological polar surface area (TPSA) is 82.0 Å². The molecule has 1 amide bonds. The lowest BCUT2D eigenvalue weighted by Crippen LogP contribution is -2.09. The van der Waals surface area contributed by atoms with E-state index in [0.717, 1.165) is 26.9 Å². The number of carbonyl (C=O) groups excluding carboxylic acids is 1. The maximum Gasteiger partial charge on any atom is 0.259 e. The molecule has 0 saturated carbocycles. The average Bonchev–Trinajstić information content (AvgIpc) is 2.53. The minimum Gasteiger partial charge on any atom is -0.383 e. The van der Waals surface area contributed by atoms with Gasteiger partial charge in [-0.1, -0.05) is 0 Å².